The third-order valence-corrected chi connectivity index (χ3v) is 6.96. The molecule has 0 bridgehead atoms. The highest BCUT2D eigenvalue weighted by Crippen LogP contribution is 2.55. The van der Waals surface area contributed by atoms with Gasteiger partial charge in [0.05, 0.1) is 41.2 Å². The third-order valence-electron chi connectivity index (χ3n) is 5.67. The van der Waals surface area contributed by atoms with E-state index >= 15 is 0 Å². The van der Waals surface area contributed by atoms with E-state index in [1.165, 1.54) is 6.92 Å². The molecule has 5 atom stereocenters. The summed E-state index contributed by atoms with van der Waals surface area (Å²) in [6.07, 6.45) is -2.07. The van der Waals surface area contributed by atoms with Gasteiger partial charge in [-0.2, -0.15) is 0 Å². The van der Waals surface area contributed by atoms with E-state index < -0.39 is 44.9 Å². The SMILES string of the molecule is [BH3-][P@@]1(=O)O[C@H](COCc2ccccc2)[C@@H](OCc2ccccc2)[C@H](OCc2ccccc2)[C@H]1OC(C)=O. The van der Waals surface area contributed by atoms with E-state index in [1.54, 1.807) is 0 Å². The molecule has 0 spiro atoms. The Hall–Kier alpha value is -2.74. The minimum atomic E-state index is -3.21. The van der Waals surface area contributed by atoms with Crippen LogP contribution >= 0.6 is 7.25 Å². The fraction of sp³-hybridized carbons (Fsp3) is 0.321. The number of carbonyl (C=O) groups excluding carboxylic acids is 1. The van der Waals surface area contributed by atoms with Gasteiger partial charge in [0.2, 0.25) is 0 Å². The lowest BCUT2D eigenvalue weighted by atomic mass is 10.1. The van der Waals surface area contributed by atoms with Crippen molar-refractivity contribution < 1.29 is 32.8 Å². The molecule has 7 nitrogen and oxygen atoms in total. The number of carbonyl (C=O) groups is 1. The van der Waals surface area contributed by atoms with Gasteiger partial charge in [0.15, 0.2) is 5.85 Å². The molecule has 3 aromatic rings. The molecule has 1 aliphatic rings. The molecule has 4 rings (SSSR count). The molecule has 1 fully saturated rings. The minimum absolute atomic E-state index is 0.169. The van der Waals surface area contributed by atoms with Crippen LogP contribution in [0.25, 0.3) is 0 Å². The summed E-state index contributed by atoms with van der Waals surface area (Å²) in [5, 5.41) is 0. The quantitative estimate of drug-likeness (QED) is 0.212. The maximum Gasteiger partial charge on any atom is 0.303 e. The van der Waals surface area contributed by atoms with Gasteiger partial charge in [-0.25, -0.2) is 0 Å². The van der Waals surface area contributed by atoms with E-state index in [2.05, 4.69) is 0 Å². The van der Waals surface area contributed by atoms with Crippen LogP contribution in [-0.4, -0.2) is 44.3 Å². The Kier molecular flexibility index (Phi) is 9.72. The van der Waals surface area contributed by atoms with E-state index in [4.69, 9.17) is 23.5 Å². The second-order valence-corrected chi connectivity index (χ2v) is 9.74. The molecule has 1 aliphatic heterocycles. The van der Waals surface area contributed by atoms with Crippen molar-refractivity contribution >= 4 is 20.8 Å². The summed E-state index contributed by atoms with van der Waals surface area (Å²) in [5.41, 5.74) is 2.95. The summed E-state index contributed by atoms with van der Waals surface area (Å²) >= 11 is 0. The summed E-state index contributed by atoms with van der Waals surface area (Å²) in [6, 6.07) is 29.3. The Bertz CT molecular complexity index is 1160. The smallest absolute Gasteiger partial charge is 0.303 e. The molecule has 0 saturated carbocycles. The van der Waals surface area contributed by atoms with E-state index in [1.807, 2.05) is 91.0 Å². The molecule has 1 saturated heterocycles. The van der Waals surface area contributed by atoms with E-state index in [9.17, 15) is 9.36 Å². The van der Waals surface area contributed by atoms with Gasteiger partial charge in [-0.05, 0) is 16.7 Å². The lowest BCUT2D eigenvalue weighted by molar-refractivity contribution is -0.187. The van der Waals surface area contributed by atoms with Gasteiger partial charge in [-0.3, -0.25) is 4.79 Å². The number of benzene rings is 3. The molecule has 3 aromatic carbocycles. The highest BCUT2D eigenvalue weighted by molar-refractivity contribution is 7.84. The summed E-state index contributed by atoms with van der Waals surface area (Å²) in [4.78, 5) is 12.0. The van der Waals surface area contributed by atoms with Crippen LogP contribution in [0.15, 0.2) is 91.0 Å². The predicted molar refractivity (Wildman–Crippen MR) is 144 cm³/mol. The van der Waals surface area contributed by atoms with Crippen molar-refractivity contribution in [3.63, 3.8) is 0 Å². The van der Waals surface area contributed by atoms with Crippen molar-refractivity contribution in [2.75, 3.05) is 6.61 Å². The average Bonchev–Trinajstić information content (AvgIpc) is 2.90. The van der Waals surface area contributed by atoms with Gasteiger partial charge in [0.25, 0.3) is 0 Å². The second-order valence-electron chi connectivity index (χ2n) is 8.45. The summed E-state index contributed by atoms with van der Waals surface area (Å²) in [5.74, 6) is -1.53. The fourth-order valence-electron chi connectivity index (χ4n) is 3.93. The fourth-order valence-corrected chi connectivity index (χ4v) is 5.23. The first-order valence-electron chi connectivity index (χ1n) is 11.8. The standard InChI is InChI=1S/C28H33BO7P/c1-21(30)35-28-27(34-19-24-15-9-4-10-16-24)26(33-18-23-13-7-3-8-14-23)25(36-37(28,29)31)20-32-17-22-11-5-2-6-12-22/h2-16,25-28H,17-20H2,1,29H3/q-1/t25-,26-,27+,28+,37+/m1/s1. The van der Waals surface area contributed by atoms with Gasteiger partial charge in [-0.15, -0.1) is 0 Å². The lowest BCUT2D eigenvalue weighted by Crippen LogP contribution is -2.55. The van der Waals surface area contributed by atoms with E-state index in [0.29, 0.717) is 13.2 Å². The number of hydrogen-bond acceptors (Lipinski definition) is 7. The molecule has 0 aromatic heterocycles. The van der Waals surface area contributed by atoms with Crippen LogP contribution in [0.1, 0.15) is 23.6 Å². The summed E-state index contributed by atoms with van der Waals surface area (Å²) in [7, 11) is -4.07. The van der Waals surface area contributed by atoms with E-state index in [-0.39, 0.29) is 13.2 Å². The molecule has 0 unspecified atom stereocenters. The highest BCUT2D eigenvalue weighted by Gasteiger charge is 2.50. The second kappa shape index (κ2) is 13.2. The van der Waals surface area contributed by atoms with Gasteiger partial charge in [-0.1, -0.05) is 91.0 Å². The number of rotatable bonds is 11. The number of ether oxygens (including phenoxy) is 4. The van der Waals surface area contributed by atoms with Crippen LogP contribution in [-0.2, 0) is 52.7 Å². The molecule has 9 heteroatoms. The number of esters is 1. The first-order valence-corrected chi connectivity index (χ1v) is 13.1. The first kappa shape index (κ1) is 27.3. The van der Waals surface area contributed by atoms with Crippen LogP contribution in [0, 0.1) is 0 Å². The zero-order chi connectivity index (χ0) is 26.1. The maximum atomic E-state index is 13.8. The third kappa shape index (κ3) is 7.87. The zero-order valence-electron chi connectivity index (χ0n) is 20.1. The Morgan fingerprint density at radius 1 is 0.784 bits per heavy atom. The predicted octanol–water partition coefficient (Wildman–Crippen LogP) is 4.22. The van der Waals surface area contributed by atoms with Crippen LogP contribution in [0.2, 0.25) is 0 Å². The molecule has 0 radical (unpaired) electrons. The van der Waals surface area contributed by atoms with Crippen molar-refractivity contribution in [1.82, 2.24) is 0 Å². The van der Waals surface area contributed by atoms with Crippen molar-refractivity contribution in [2.24, 2.45) is 0 Å². The van der Waals surface area contributed by atoms with Crippen molar-refractivity contribution in [2.45, 2.75) is 50.9 Å². The van der Waals surface area contributed by atoms with Crippen LogP contribution in [0.4, 0.5) is 0 Å². The molecular weight excluding hydrogens is 490 g/mol. The van der Waals surface area contributed by atoms with E-state index in [0.717, 1.165) is 16.7 Å². The van der Waals surface area contributed by atoms with Crippen LogP contribution < -0.4 is 0 Å². The van der Waals surface area contributed by atoms with Gasteiger partial charge >= 0.3 is 5.97 Å². The number of hydrogen-bond donors (Lipinski definition) is 0. The topological polar surface area (TPSA) is 80.3 Å². The monoisotopic (exact) mass is 523 g/mol. The Morgan fingerprint density at radius 3 is 1.73 bits per heavy atom. The van der Waals surface area contributed by atoms with Gasteiger partial charge < -0.3 is 28.0 Å². The molecule has 196 valence electrons. The average molecular weight is 523 g/mol. The lowest BCUT2D eigenvalue weighted by Gasteiger charge is -2.47. The molecule has 0 aliphatic carbocycles. The van der Waals surface area contributed by atoms with Crippen molar-refractivity contribution in [3.05, 3.63) is 108 Å². The van der Waals surface area contributed by atoms with Crippen molar-refractivity contribution in [3.8, 4) is 0 Å². The van der Waals surface area contributed by atoms with Gasteiger partial charge in [0, 0.05) is 6.92 Å². The maximum absolute atomic E-state index is 13.8. The summed E-state index contributed by atoms with van der Waals surface area (Å²) in [6.45, 7) is 2.41. The zero-order valence-corrected chi connectivity index (χ0v) is 21.0. The molecule has 1 heterocycles. The molecule has 37 heavy (non-hydrogen) atoms. The Labute approximate surface area is 218 Å². The Morgan fingerprint density at radius 2 is 1.24 bits per heavy atom. The Balaban J connectivity index is 1.58. The molecule has 0 amide bonds. The van der Waals surface area contributed by atoms with Crippen LogP contribution in [0.5, 0.6) is 0 Å². The van der Waals surface area contributed by atoms with Crippen molar-refractivity contribution in [1.29, 1.82) is 0 Å². The molecular formula is C28H33BO7P-. The van der Waals surface area contributed by atoms with Crippen LogP contribution in [0.3, 0.4) is 0 Å². The van der Waals surface area contributed by atoms with Gasteiger partial charge in [0.1, 0.15) is 18.3 Å². The summed E-state index contributed by atoms with van der Waals surface area (Å²) < 4.78 is 44.3. The highest BCUT2D eigenvalue weighted by atomic mass is 31.2. The first-order chi connectivity index (χ1) is 17.9. The molecule has 0 N–H and O–H groups in total. The largest absolute Gasteiger partial charge is 0.453 e. The normalized spacial score (nSPS) is 25.5. The minimum Gasteiger partial charge on any atom is -0.453 e.